The molecule has 4 aromatic rings. The predicted octanol–water partition coefficient (Wildman–Crippen LogP) is 4.89. The van der Waals surface area contributed by atoms with E-state index in [0.717, 1.165) is 39.1 Å². The standard InChI is InChI=1S/C18H13ClN2/c19-16-6-3-5-14-10-11-21(18(14)16)12-15-9-8-13-4-1-2-7-17(13)20-15/h1-11H,12H2. The lowest BCUT2D eigenvalue weighted by molar-refractivity contribution is 0.812. The Kier molecular flexibility index (Phi) is 2.90. The summed E-state index contributed by atoms with van der Waals surface area (Å²) in [4.78, 5) is 4.72. The molecule has 0 unspecified atom stereocenters. The summed E-state index contributed by atoms with van der Waals surface area (Å²) in [7, 11) is 0. The maximum absolute atomic E-state index is 6.32. The van der Waals surface area contributed by atoms with Crippen LogP contribution >= 0.6 is 11.6 Å². The predicted molar refractivity (Wildman–Crippen MR) is 87.8 cm³/mol. The van der Waals surface area contributed by atoms with Gasteiger partial charge in [-0.3, -0.25) is 4.98 Å². The van der Waals surface area contributed by atoms with Gasteiger partial charge in [-0.25, -0.2) is 0 Å². The monoisotopic (exact) mass is 292 g/mol. The lowest BCUT2D eigenvalue weighted by Gasteiger charge is -2.07. The molecule has 0 fully saturated rings. The first kappa shape index (κ1) is 12.4. The fourth-order valence-electron chi connectivity index (χ4n) is 2.72. The number of benzene rings is 2. The highest BCUT2D eigenvalue weighted by Crippen LogP contribution is 2.25. The van der Waals surface area contributed by atoms with Crippen molar-refractivity contribution in [3.63, 3.8) is 0 Å². The van der Waals surface area contributed by atoms with Crippen LogP contribution in [0.5, 0.6) is 0 Å². The molecule has 0 radical (unpaired) electrons. The average molecular weight is 293 g/mol. The summed E-state index contributed by atoms with van der Waals surface area (Å²) in [6, 6.07) is 20.4. The molecule has 2 heterocycles. The van der Waals surface area contributed by atoms with E-state index in [1.807, 2.05) is 30.3 Å². The topological polar surface area (TPSA) is 17.8 Å². The van der Waals surface area contributed by atoms with Crippen molar-refractivity contribution in [3.8, 4) is 0 Å². The van der Waals surface area contributed by atoms with Crippen molar-refractivity contribution in [3.05, 3.63) is 77.6 Å². The van der Waals surface area contributed by atoms with Crippen molar-refractivity contribution < 1.29 is 0 Å². The third kappa shape index (κ3) is 2.18. The molecule has 21 heavy (non-hydrogen) atoms. The van der Waals surface area contributed by atoms with E-state index < -0.39 is 0 Å². The zero-order chi connectivity index (χ0) is 14.2. The van der Waals surface area contributed by atoms with Crippen LogP contribution in [0.1, 0.15) is 5.69 Å². The highest BCUT2D eigenvalue weighted by molar-refractivity contribution is 6.35. The molecule has 2 aromatic heterocycles. The number of para-hydroxylation sites is 2. The van der Waals surface area contributed by atoms with Crippen molar-refractivity contribution in [2.75, 3.05) is 0 Å². The fraction of sp³-hybridized carbons (Fsp3) is 0.0556. The number of hydrogen-bond donors (Lipinski definition) is 0. The molecule has 0 aliphatic rings. The quantitative estimate of drug-likeness (QED) is 0.514. The summed E-state index contributed by atoms with van der Waals surface area (Å²) in [5.41, 5.74) is 3.12. The summed E-state index contributed by atoms with van der Waals surface area (Å²) < 4.78 is 2.15. The second kappa shape index (κ2) is 4.90. The Labute approximate surface area is 127 Å². The molecule has 4 rings (SSSR count). The molecule has 0 saturated carbocycles. The minimum absolute atomic E-state index is 0.720. The number of rotatable bonds is 2. The molecule has 0 aliphatic carbocycles. The molecule has 0 saturated heterocycles. The number of aromatic nitrogens is 2. The van der Waals surface area contributed by atoms with Gasteiger partial charge in [0.15, 0.2) is 0 Å². The van der Waals surface area contributed by atoms with Gasteiger partial charge in [0.1, 0.15) is 0 Å². The zero-order valence-electron chi connectivity index (χ0n) is 11.3. The van der Waals surface area contributed by atoms with Gasteiger partial charge in [-0.1, -0.05) is 48.0 Å². The maximum Gasteiger partial charge on any atom is 0.0706 e. The lowest BCUT2D eigenvalue weighted by Crippen LogP contribution is -2.00. The summed E-state index contributed by atoms with van der Waals surface area (Å²) in [5.74, 6) is 0. The van der Waals surface area contributed by atoms with Crippen LogP contribution in [0.3, 0.4) is 0 Å². The van der Waals surface area contributed by atoms with Gasteiger partial charge >= 0.3 is 0 Å². The van der Waals surface area contributed by atoms with E-state index in [4.69, 9.17) is 16.6 Å². The molecule has 0 aliphatic heterocycles. The third-order valence-corrected chi connectivity index (χ3v) is 4.03. The van der Waals surface area contributed by atoms with Crippen molar-refractivity contribution in [1.29, 1.82) is 0 Å². The molecule has 2 aromatic carbocycles. The van der Waals surface area contributed by atoms with E-state index in [9.17, 15) is 0 Å². The van der Waals surface area contributed by atoms with Crippen molar-refractivity contribution in [1.82, 2.24) is 9.55 Å². The van der Waals surface area contributed by atoms with Crippen LogP contribution < -0.4 is 0 Å². The van der Waals surface area contributed by atoms with E-state index in [1.54, 1.807) is 0 Å². The summed E-state index contributed by atoms with van der Waals surface area (Å²) in [5, 5.41) is 3.10. The number of nitrogens with zero attached hydrogens (tertiary/aromatic N) is 2. The Balaban J connectivity index is 1.79. The second-order valence-electron chi connectivity index (χ2n) is 5.12. The van der Waals surface area contributed by atoms with Gasteiger partial charge < -0.3 is 4.57 Å². The SMILES string of the molecule is Clc1cccc2ccn(Cc3ccc4ccccc4n3)c12. The van der Waals surface area contributed by atoms with Gasteiger partial charge in [0.05, 0.1) is 28.3 Å². The molecule has 2 nitrogen and oxygen atoms in total. The molecule has 3 heteroatoms. The van der Waals surface area contributed by atoms with Crippen LogP contribution in [-0.4, -0.2) is 9.55 Å². The van der Waals surface area contributed by atoms with Crippen LogP contribution in [-0.2, 0) is 6.54 Å². The van der Waals surface area contributed by atoms with Crippen LogP contribution in [0.2, 0.25) is 5.02 Å². The summed E-state index contributed by atoms with van der Waals surface area (Å²) in [6.45, 7) is 0.720. The van der Waals surface area contributed by atoms with E-state index in [1.165, 1.54) is 0 Å². The van der Waals surface area contributed by atoms with Gasteiger partial charge in [0.2, 0.25) is 0 Å². The van der Waals surface area contributed by atoms with Gasteiger partial charge in [0.25, 0.3) is 0 Å². The number of pyridine rings is 1. The molecule has 102 valence electrons. The molecule has 0 spiro atoms. The van der Waals surface area contributed by atoms with E-state index >= 15 is 0 Å². The Morgan fingerprint density at radius 1 is 0.857 bits per heavy atom. The van der Waals surface area contributed by atoms with Crippen LogP contribution in [0.25, 0.3) is 21.8 Å². The summed E-state index contributed by atoms with van der Waals surface area (Å²) in [6.07, 6.45) is 2.06. The van der Waals surface area contributed by atoms with Crippen LogP contribution in [0.4, 0.5) is 0 Å². The Hall–Kier alpha value is -2.32. The van der Waals surface area contributed by atoms with Gasteiger partial charge in [-0.2, -0.15) is 0 Å². The molecule has 0 atom stereocenters. The van der Waals surface area contributed by atoms with E-state index in [2.05, 4.69) is 41.1 Å². The van der Waals surface area contributed by atoms with Crippen molar-refractivity contribution in [2.24, 2.45) is 0 Å². The van der Waals surface area contributed by atoms with Crippen LogP contribution in [0.15, 0.2) is 66.9 Å². The maximum atomic E-state index is 6.32. The average Bonchev–Trinajstić information content (AvgIpc) is 2.92. The lowest BCUT2D eigenvalue weighted by atomic mass is 10.2. The number of halogens is 1. The Morgan fingerprint density at radius 2 is 1.71 bits per heavy atom. The smallest absolute Gasteiger partial charge is 0.0706 e. The third-order valence-electron chi connectivity index (χ3n) is 3.73. The summed E-state index contributed by atoms with van der Waals surface area (Å²) >= 11 is 6.32. The first-order valence-electron chi connectivity index (χ1n) is 6.89. The highest BCUT2D eigenvalue weighted by Gasteiger charge is 2.06. The Bertz CT molecular complexity index is 940. The van der Waals surface area contributed by atoms with Crippen LogP contribution in [0, 0.1) is 0 Å². The largest absolute Gasteiger partial charge is 0.340 e. The number of hydrogen-bond acceptors (Lipinski definition) is 1. The van der Waals surface area contributed by atoms with Crippen molar-refractivity contribution in [2.45, 2.75) is 6.54 Å². The minimum Gasteiger partial charge on any atom is -0.340 e. The van der Waals surface area contributed by atoms with Gasteiger partial charge in [-0.15, -0.1) is 0 Å². The molecule has 0 amide bonds. The minimum atomic E-state index is 0.720. The normalized spacial score (nSPS) is 11.3. The van der Waals surface area contributed by atoms with Crippen molar-refractivity contribution >= 4 is 33.4 Å². The first-order chi connectivity index (χ1) is 10.3. The van der Waals surface area contributed by atoms with E-state index in [-0.39, 0.29) is 0 Å². The van der Waals surface area contributed by atoms with Gasteiger partial charge in [-0.05, 0) is 24.3 Å². The zero-order valence-corrected chi connectivity index (χ0v) is 12.1. The second-order valence-corrected chi connectivity index (χ2v) is 5.52. The molecule has 0 N–H and O–H groups in total. The first-order valence-corrected chi connectivity index (χ1v) is 7.27. The fourth-order valence-corrected chi connectivity index (χ4v) is 3.01. The Morgan fingerprint density at radius 3 is 2.67 bits per heavy atom. The molecular weight excluding hydrogens is 280 g/mol. The van der Waals surface area contributed by atoms with E-state index in [0.29, 0.717) is 0 Å². The molecule has 0 bridgehead atoms. The molecular formula is C18H13ClN2. The number of fused-ring (bicyclic) bond motifs is 2. The highest BCUT2D eigenvalue weighted by atomic mass is 35.5. The van der Waals surface area contributed by atoms with Gasteiger partial charge in [0, 0.05) is 17.0 Å².